The molecule has 0 unspecified atom stereocenters. The van der Waals surface area contributed by atoms with E-state index in [1.54, 1.807) is 6.20 Å². The predicted molar refractivity (Wildman–Crippen MR) is 113 cm³/mol. The Kier molecular flexibility index (Phi) is 7.21. The highest BCUT2D eigenvalue weighted by Crippen LogP contribution is 2.20. The van der Waals surface area contributed by atoms with Crippen LogP contribution in [-0.2, 0) is 20.9 Å². The normalized spacial score (nSPS) is 10.5. The number of pyridine rings is 1. The van der Waals surface area contributed by atoms with E-state index in [9.17, 15) is 14.4 Å². The van der Waals surface area contributed by atoms with Crippen LogP contribution in [0.15, 0.2) is 54.7 Å². The summed E-state index contributed by atoms with van der Waals surface area (Å²) in [5, 5.41) is 6.32. The second-order valence-electron chi connectivity index (χ2n) is 6.24. The van der Waals surface area contributed by atoms with E-state index in [-0.39, 0.29) is 30.3 Å². The number of carbonyl (C=O) groups is 3. The van der Waals surface area contributed by atoms with Gasteiger partial charge in [0.2, 0.25) is 5.91 Å². The maximum Gasteiger partial charge on any atom is 0.325 e. The van der Waals surface area contributed by atoms with Gasteiger partial charge in [0.1, 0.15) is 13.2 Å². The molecule has 9 heteroatoms. The average molecular weight is 446 g/mol. The summed E-state index contributed by atoms with van der Waals surface area (Å²) in [4.78, 5) is 40.2. The lowest BCUT2D eigenvalue weighted by atomic mass is 10.1. The SMILES string of the molecule is O=C(CNC(=O)c1ccc(Cl)cc1Cl)NCC(=O)OCc1cccc2cccnc12. The summed E-state index contributed by atoms with van der Waals surface area (Å²) in [6.45, 7) is -0.609. The number of hydrogen-bond acceptors (Lipinski definition) is 5. The highest BCUT2D eigenvalue weighted by Gasteiger charge is 2.13. The summed E-state index contributed by atoms with van der Waals surface area (Å²) in [6, 6.07) is 13.7. The van der Waals surface area contributed by atoms with Crippen molar-refractivity contribution in [2.24, 2.45) is 0 Å². The first-order valence-electron chi connectivity index (χ1n) is 8.92. The van der Waals surface area contributed by atoms with Crippen molar-refractivity contribution < 1.29 is 19.1 Å². The van der Waals surface area contributed by atoms with Gasteiger partial charge < -0.3 is 15.4 Å². The Balaban J connectivity index is 1.43. The fourth-order valence-corrected chi connectivity index (χ4v) is 3.15. The Hall–Kier alpha value is -3.16. The van der Waals surface area contributed by atoms with Crippen molar-refractivity contribution in [1.82, 2.24) is 15.6 Å². The first-order valence-corrected chi connectivity index (χ1v) is 9.68. The molecule has 3 aromatic rings. The predicted octanol–water partition coefficient (Wildman–Crippen LogP) is 3.13. The number of nitrogens with zero attached hydrogens (tertiary/aromatic N) is 1. The highest BCUT2D eigenvalue weighted by atomic mass is 35.5. The number of ether oxygens (including phenoxy) is 1. The molecule has 0 aliphatic rings. The van der Waals surface area contributed by atoms with Crippen LogP contribution in [0.5, 0.6) is 0 Å². The Morgan fingerprint density at radius 1 is 0.967 bits per heavy atom. The third-order valence-electron chi connectivity index (χ3n) is 4.12. The van der Waals surface area contributed by atoms with E-state index in [1.807, 2.05) is 30.3 Å². The van der Waals surface area contributed by atoms with Crippen LogP contribution in [0.4, 0.5) is 0 Å². The standard InChI is InChI=1S/C21H17Cl2N3O4/c22-15-6-7-16(17(23)9-15)21(29)26-10-18(27)25-11-19(28)30-12-14-4-1-3-13-5-2-8-24-20(13)14/h1-9H,10-12H2,(H,25,27)(H,26,29). The number of halogens is 2. The molecular formula is C21H17Cl2N3O4. The van der Waals surface area contributed by atoms with Gasteiger partial charge in [-0.1, -0.05) is 47.5 Å². The van der Waals surface area contributed by atoms with Crippen molar-refractivity contribution in [3.8, 4) is 0 Å². The van der Waals surface area contributed by atoms with Crippen LogP contribution in [0.25, 0.3) is 10.9 Å². The summed E-state index contributed by atoms with van der Waals surface area (Å²) >= 11 is 11.7. The molecule has 154 valence electrons. The van der Waals surface area contributed by atoms with E-state index in [4.69, 9.17) is 27.9 Å². The number of carbonyl (C=O) groups excluding carboxylic acids is 3. The van der Waals surface area contributed by atoms with Gasteiger partial charge in [-0.3, -0.25) is 19.4 Å². The zero-order valence-corrected chi connectivity index (χ0v) is 17.2. The number of para-hydroxylation sites is 1. The molecule has 0 aliphatic carbocycles. The first kappa shape index (κ1) is 21.5. The minimum atomic E-state index is -0.608. The topological polar surface area (TPSA) is 97.4 Å². The van der Waals surface area contributed by atoms with Gasteiger partial charge in [0, 0.05) is 22.2 Å². The number of rotatable bonds is 7. The van der Waals surface area contributed by atoms with Crippen LogP contribution in [0.2, 0.25) is 10.0 Å². The van der Waals surface area contributed by atoms with E-state index in [2.05, 4.69) is 15.6 Å². The Morgan fingerprint density at radius 2 is 1.77 bits per heavy atom. The molecular weight excluding hydrogens is 429 g/mol. The number of aromatic nitrogens is 1. The number of hydrogen-bond donors (Lipinski definition) is 2. The molecule has 2 amide bonds. The molecule has 0 saturated carbocycles. The third kappa shape index (κ3) is 5.68. The fraction of sp³-hybridized carbons (Fsp3) is 0.143. The van der Waals surface area contributed by atoms with E-state index >= 15 is 0 Å². The van der Waals surface area contributed by atoms with Gasteiger partial charge in [0.05, 0.1) is 22.6 Å². The molecule has 0 radical (unpaired) electrons. The molecule has 1 aromatic heterocycles. The second kappa shape index (κ2) is 10.0. The molecule has 0 atom stereocenters. The zero-order valence-electron chi connectivity index (χ0n) is 15.7. The van der Waals surface area contributed by atoms with Crippen LogP contribution in [0.3, 0.4) is 0 Å². The summed E-state index contributed by atoms with van der Waals surface area (Å²) in [7, 11) is 0. The van der Waals surface area contributed by atoms with Gasteiger partial charge in [-0.05, 0) is 24.3 Å². The molecule has 3 rings (SSSR count). The lowest BCUT2D eigenvalue weighted by Gasteiger charge is -2.09. The van der Waals surface area contributed by atoms with Gasteiger partial charge in [-0.2, -0.15) is 0 Å². The third-order valence-corrected chi connectivity index (χ3v) is 4.67. The van der Waals surface area contributed by atoms with Crippen LogP contribution in [0.1, 0.15) is 15.9 Å². The molecule has 0 bridgehead atoms. The van der Waals surface area contributed by atoms with Gasteiger partial charge >= 0.3 is 5.97 Å². The van der Waals surface area contributed by atoms with E-state index < -0.39 is 17.8 Å². The fourth-order valence-electron chi connectivity index (χ4n) is 2.66. The molecule has 7 nitrogen and oxygen atoms in total. The maximum atomic E-state index is 12.1. The van der Waals surface area contributed by atoms with Crippen molar-refractivity contribution in [1.29, 1.82) is 0 Å². The summed E-state index contributed by atoms with van der Waals surface area (Å²) < 4.78 is 5.20. The van der Waals surface area contributed by atoms with E-state index in [0.717, 1.165) is 16.5 Å². The molecule has 30 heavy (non-hydrogen) atoms. The second-order valence-corrected chi connectivity index (χ2v) is 7.08. The smallest absolute Gasteiger partial charge is 0.325 e. The van der Waals surface area contributed by atoms with Crippen molar-refractivity contribution in [2.45, 2.75) is 6.61 Å². The van der Waals surface area contributed by atoms with Crippen LogP contribution in [0, 0.1) is 0 Å². The number of benzene rings is 2. The lowest BCUT2D eigenvalue weighted by molar-refractivity contribution is -0.145. The van der Waals surface area contributed by atoms with Crippen LogP contribution < -0.4 is 10.6 Å². The van der Waals surface area contributed by atoms with E-state index in [0.29, 0.717) is 5.02 Å². The zero-order chi connectivity index (χ0) is 21.5. The molecule has 0 aliphatic heterocycles. The van der Waals surface area contributed by atoms with Crippen molar-refractivity contribution in [2.75, 3.05) is 13.1 Å². The largest absolute Gasteiger partial charge is 0.459 e. The van der Waals surface area contributed by atoms with Crippen molar-refractivity contribution in [3.63, 3.8) is 0 Å². The summed E-state index contributed by atoms with van der Waals surface area (Å²) in [5.74, 6) is -1.68. The quantitative estimate of drug-likeness (QED) is 0.544. The Labute approximate surface area is 182 Å². The summed E-state index contributed by atoms with van der Waals surface area (Å²) in [6.07, 6.45) is 1.67. The number of fused-ring (bicyclic) bond motifs is 1. The monoisotopic (exact) mass is 445 g/mol. The Bertz CT molecular complexity index is 1100. The molecule has 0 spiro atoms. The van der Waals surface area contributed by atoms with Gasteiger partial charge in [-0.25, -0.2) is 0 Å². The Morgan fingerprint density at radius 3 is 2.57 bits per heavy atom. The van der Waals surface area contributed by atoms with Gasteiger partial charge in [-0.15, -0.1) is 0 Å². The first-order chi connectivity index (χ1) is 14.4. The molecule has 0 saturated heterocycles. The van der Waals surface area contributed by atoms with Crippen LogP contribution in [-0.4, -0.2) is 35.9 Å². The van der Waals surface area contributed by atoms with E-state index in [1.165, 1.54) is 18.2 Å². The molecule has 2 N–H and O–H groups in total. The highest BCUT2D eigenvalue weighted by molar-refractivity contribution is 6.36. The van der Waals surface area contributed by atoms with Crippen molar-refractivity contribution in [3.05, 3.63) is 75.9 Å². The maximum absolute atomic E-state index is 12.1. The molecule has 2 aromatic carbocycles. The number of amides is 2. The number of esters is 1. The minimum Gasteiger partial charge on any atom is -0.459 e. The number of nitrogens with one attached hydrogen (secondary N) is 2. The van der Waals surface area contributed by atoms with Gasteiger partial charge in [0.15, 0.2) is 0 Å². The lowest BCUT2D eigenvalue weighted by Crippen LogP contribution is -2.39. The molecule has 0 fully saturated rings. The van der Waals surface area contributed by atoms with Crippen molar-refractivity contribution >= 4 is 51.9 Å². The summed E-state index contributed by atoms with van der Waals surface area (Å²) in [5.41, 5.74) is 1.71. The van der Waals surface area contributed by atoms with Crippen LogP contribution >= 0.6 is 23.2 Å². The van der Waals surface area contributed by atoms with Gasteiger partial charge in [0.25, 0.3) is 5.91 Å². The average Bonchev–Trinajstić information content (AvgIpc) is 2.74. The minimum absolute atomic E-state index is 0.0366. The molecule has 1 heterocycles.